The van der Waals surface area contributed by atoms with Crippen LogP contribution < -0.4 is 0 Å². The number of hydrogen-bond acceptors (Lipinski definition) is 3. The number of aromatic nitrogens is 5. The molecule has 153 valence electrons. The van der Waals surface area contributed by atoms with Crippen LogP contribution in [-0.2, 0) is 16.8 Å². The van der Waals surface area contributed by atoms with E-state index < -0.39 is 0 Å². The van der Waals surface area contributed by atoms with Crippen molar-refractivity contribution < 1.29 is 16.8 Å². The van der Waals surface area contributed by atoms with E-state index in [0.717, 1.165) is 44.8 Å². The van der Waals surface area contributed by atoms with Gasteiger partial charge in [0.1, 0.15) is 0 Å². The van der Waals surface area contributed by atoms with Crippen molar-refractivity contribution in [1.82, 2.24) is 24.9 Å². The third-order valence-corrected chi connectivity index (χ3v) is 4.56. The summed E-state index contributed by atoms with van der Waals surface area (Å²) in [6.07, 6.45) is 12.4. The number of H-pyrrole nitrogens is 2. The number of fused-ring (bicyclic) bond motifs is 8. The van der Waals surface area contributed by atoms with Gasteiger partial charge in [-0.2, -0.15) is 18.2 Å². The molecule has 8 bridgehead atoms. The van der Waals surface area contributed by atoms with E-state index in [2.05, 4.69) is 61.4 Å². The number of aromatic amines is 2. The summed E-state index contributed by atoms with van der Waals surface area (Å²) in [6, 6.07) is 21.9. The van der Waals surface area contributed by atoms with Gasteiger partial charge in [0.05, 0.1) is 22.8 Å². The van der Waals surface area contributed by atoms with E-state index in [4.69, 9.17) is 0 Å². The third-order valence-electron chi connectivity index (χ3n) is 4.56. The van der Waals surface area contributed by atoms with E-state index in [9.17, 15) is 0 Å². The van der Waals surface area contributed by atoms with E-state index in [1.165, 1.54) is 0 Å². The van der Waals surface area contributed by atoms with Crippen molar-refractivity contribution in [3.8, 4) is 0 Å². The molecule has 0 aliphatic carbocycles. The first-order valence-electron chi connectivity index (χ1n) is 9.62. The minimum atomic E-state index is 0. The molecule has 2 N–H and O–H groups in total. The van der Waals surface area contributed by atoms with Gasteiger partial charge in [-0.15, -0.1) is 0 Å². The van der Waals surface area contributed by atoms with Crippen LogP contribution in [0.1, 0.15) is 22.8 Å². The molecule has 0 amide bonds. The molecule has 4 aromatic rings. The van der Waals surface area contributed by atoms with Crippen molar-refractivity contribution in [2.45, 2.75) is 0 Å². The Morgan fingerprint density at radius 1 is 0.581 bits per heavy atom. The Morgan fingerprint density at radius 2 is 1.06 bits per heavy atom. The van der Waals surface area contributed by atoms with E-state index in [-0.39, 0.29) is 16.8 Å². The second-order valence-corrected chi connectivity index (χ2v) is 6.86. The molecule has 0 atom stereocenters. The maximum atomic E-state index is 4.62. The molecule has 0 unspecified atom stereocenters. The summed E-state index contributed by atoms with van der Waals surface area (Å²) in [5.74, 6) is 0. The average molecular weight is 447 g/mol. The molecule has 0 saturated heterocycles. The molecule has 6 heterocycles. The molecule has 2 aliphatic heterocycles. The predicted octanol–water partition coefficient (Wildman–Crippen LogP) is 5.53. The summed E-state index contributed by atoms with van der Waals surface area (Å²) < 4.78 is 0. The minimum Gasteiger partial charge on any atom is -0.394 e. The zero-order chi connectivity index (χ0) is 20.2. The van der Waals surface area contributed by atoms with E-state index in [1.54, 1.807) is 12.3 Å². The molecule has 2 aliphatic rings. The number of hydrogen-bond donors (Lipinski definition) is 2. The van der Waals surface area contributed by atoms with Gasteiger partial charge in [-0.05, 0) is 72.8 Å². The summed E-state index contributed by atoms with van der Waals surface area (Å²) in [7, 11) is 0. The zero-order valence-corrected chi connectivity index (χ0v) is 17.5. The fourth-order valence-corrected chi connectivity index (χ4v) is 3.22. The summed E-state index contributed by atoms with van der Waals surface area (Å²) in [6.45, 7) is 0. The van der Waals surface area contributed by atoms with Crippen molar-refractivity contribution in [3.63, 3.8) is 0 Å². The van der Waals surface area contributed by atoms with E-state index >= 15 is 0 Å². The first-order valence-corrected chi connectivity index (χ1v) is 9.62. The zero-order valence-electron chi connectivity index (χ0n) is 16.4. The maximum absolute atomic E-state index is 4.62. The minimum absolute atomic E-state index is 0. The Labute approximate surface area is 189 Å². The Bertz CT molecular complexity index is 1280. The van der Waals surface area contributed by atoms with Crippen LogP contribution in [0.5, 0.6) is 0 Å². The molecular weight excluding hydrogens is 429 g/mol. The Kier molecular flexibility index (Phi) is 6.21. The van der Waals surface area contributed by atoms with Crippen LogP contribution in [0.25, 0.3) is 46.4 Å². The topological polar surface area (TPSA) is 70.2 Å². The molecule has 31 heavy (non-hydrogen) atoms. The summed E-state index contributed by atoms with van der Waals surface area (Å²) in [4.78, 5) is 19.7. The van der Waals surface area contributed by atoms with E-state index in [1.807, 2.05) is 54.6 Å². The predicted molar refractivity (Wildman–Crippen MR) is 122 cm³/mol. The van der Waals surface area contributed by atoms with Crippen LogP contribution in [0, 0.1) is 6.20 Å². The molecule has 0 fully saturated rings. The van der Waals surface area contributed by atoms with Crippen molar-refractivity contribution in [3.05, 3.63) is 102 Å². The standard InChI is InChI=1S/C20H14N4.C5H4N.Co/c1-2-14-10-16-5-6-18(23-16)12-20-8-7-19(24-20)11-17-4-3-15(22-17)9-13(1)21-14;1-2-4-6-5-3-1;/h1-12,21-22H;1-4H;/q;-1;. The second kappa shape index (κ2) is 9.38. The first kappa shape index (κ1) is 20.5. The fourth-order valence-electron chi connectivity index (χ4n) is 3.22. The van der Waals surface area contributed by atoms with Crippen molar-refractivity contribution >= 4 is 46.4 Å². The van der Waals surface area contributed by atoms with Crippen LogP contribution in [0.15, 0.2) is 72.9 Å². The molecule has 0 saturated carbocycles. The summed E-state index contributed by atoms with van der Waals surface area (Å²) in [5, 5.41) is 0. The quantitative estimate of drug-likeness (QED) is 0.301. The summed E-state index contributed by atoms with van der Waals surface area (Å²) in [5.41, 5.74) is 7.86. The van der Waals surface area contributed by atoms with Crippen LogP contribution in [0.2, 0.25) is 0 Å². The van der Waals surface area contributed by atoms with Gasteiger partial charge in [0.25, 0.3) is 0 Å². The fraction of sp³-hybridized carbons (Fsp3) is 0. The molecule has 1 radical (unpaired) electrons. The molecule has 5 nitrogen and oxygen atoms in total. The van der Waals surface area contributed by atoms with Gasteiger partial charge < -0.3 is 15.0 Å². The van der Waals surface area contributed by atoms with E-state index in [0.29, 0.717) is 0 Å². The summed E-state index contributed by atoms with van der Waals surface area (Å²) >= 11 is 0. The van der Waals surface area contributed by atoms with Gasteiger partial charge >= 0.3 is 0 Å². The van der Waals surface area contributed by atoms with Gasteiger partial charge in [-0.1, -0.05) is 12.4 Å². The van der Waals surface area contributed by atoms with Crippen LogP contribution in [0.4, 0.5) is 0 Å². The largest absolute Gasteiger partial charge is 0.394 e. The molecule has 0 spiro atoms. The van der Waals surface area contributed by atoms with Gasteiger partial charge in [0, 0.05) is 38.8 Å². The Morgan fingerprint density at radius 3 is 1.45 bits per heavy atom. The molecule has 0 aromatic carbocycles. The van der Waals surface area contributed by atoms with Gasteiger partial charge in [0.2, 0.25) is 0 Å². The smallest absolute Gasteiger partial charge is 0.0659 e. The molecule has 6 rings (SSSR count). The van der Waals surface area contributed by atoms with Crippen molar-refractivity contribution in [2.24, 2.45) is 0 Å². The second-order valence-electron chi connectivity index (χ2n) is 6.86. The van der Waals surface area contributed by atoms with Gasteiger partial charge in [-0.3, -0.25) is 0 Å². The number of rotatable bonds is 0. The van der Waals surface area contributed by atoms with Crippen LogP contribution in [0.3, 0.4) is 0 Å². The maximum Gasteiger partial charge on any atom is 0.0659 e. The molecular formula is C25H18CoN5-. The Hall–Kier alpha value is -3.74. The number of nitrogens with one attached hydrogen (secondary N) is 2. The van der Waals surface area contributed by atoms with Crippen molar-refractivity contribution in [2.75, 3.05) is 0 Å². The normalized spacial score (nSPS) is 11.4. The van der Waals surface area contributed by atoms with Gasteiger partial charge in [-0.25, -0.2) is 9.97 Å². The average Bonchev–Trinajstić information content (AvgIpc) is 3.56. The van der Waals surface area contributed by atoms with Gasteiger partial charge in [0.15, 0.2) is 0 Å². The SMILES string of the molecule is C1=Cc2cc3ccc(cc4ccc(cc5nc(cc1n2)C=C5)[nH]4)[nH]3.[Co].[c-]1ccccn1. The van der Waals surface area contributed by atoms with Crippen LogP contribution >= 0.6 is 0 Å². The molecule has 4 aromatic heterocycles. The van der Waals surface area contributed by atoms with Crippen LogP contribution in [-0.4, -0.2) is 24.9 Å². The number of pyridine rings is 1. The van der Waals surface area contributed by atoms with Crippen molar-refractivity contribution in [1.29, 1.82) is 0 Å². The molecule has 6 heteroatoms. The Balaban J connectivity index is 0.000000288. The third kappa shape index (κ3) is 5.25. The first-order chi connectivity index (χ1) is 14.8. The number of nitrogens with zero attached hydrogens (tertiary/aromatic N) is 3. The monoisotopic (exact) mass is 447 g/mol.